The van der Waals surface area contributed by atoms with Crippen molar-refractivity contribution in [2.45, 2.75) is 96.9 Å². The minimum Gasteiger partial charge on any atom is -0.444 e. The van der Waals surface area contributed by atoms with Crippen LogP contribution in [0.1, 0.15) is 73.1 Å². The average molecular weight is 296 g/mol. The Morgan fingerprint density at radius 1 is 1.14 bits per heavy atom. The monoisotopic (exact) mass is 296 g/mol. The fourth-order valence-electron chi connectivity index (χ4n) is 3.52. The van der Waals surface area contributed by atoms with Crippen LogP contribution in [0.25, 0.3) is 0 Å². The van der Waals surface area contributed by atoms with E-state index in [-0.39, 0.29) is 12.1 Å². The third-order valence-corrected chi connectivity index (χ3v) is 4.54. The number of hydrogen-bond acceptors (Lipinski definition) is 3. The molecule has 1 amide bonds. The summed E-state index contributed by atoms with van der Waals surface area (Å²) in [5, 5.41) is 6.73. The van der Waals surface area contributed by atoms with E-state index in [1.807, 2.05) is 20.8 Å². The SMILES string of the molecule is CC1(C)CCCC(NC2CC(NC(=O)OC(C)(C)C)C2)C1. The topological polar surface area (TPSA) is 50.4 Å². The predicted octanol–water partition coefficient (Wildman–Crippen LogP) is 3.60. The summed E-state index contributed by atoms with van der Waals surface area (Å²) in [5.74, 6) is 0. The van der Waals surface area contributed by atoms with Gasteiger partial charge in [-0.2, -0.15) is 0 Å². The van der Waals surface area contributed by atoms with E-state index in [1.165, 1.54) is 25.7 Å². The van der Waals surface area contributed by atoms with Crippen LogP contribution >= 0.6 is 0 Å². The molecule has 2 aliphatic rings. The van der Waals surface area contributed by atoms with Crippen LogP contribution in [-0.2, 0) is 4.74 Å². The van der Waals surface area contributed by atoms with E-state index in [4.69, 9.17) is 4.74 Å². The summed E-state index contributed by atoms with van der Waals surface area (Å²) >= 11 is 0. The zero-order chi connectivity index (χ0) is 15.7. The summed E-state index contributed by atoms with van der Waals surface area (Å²) < 4.78 is 5.29. The van der Waals surface area contributed by atoms with Crippen molar-refractivity contribution < 1.29 is 9.53 Å². The van der Waals surface area contributed by atoms with Crippen LogP contribution < -0.4 is 10.6 Å². The second-order valence-corrected chi connectivity index (χ2v) is 8.64. The first-order valence-electron chi connectivity index (χ1n) is 8.38. The molecule has 0 aromatic heterocycles. The number of nitrogens with one attached hydrogen (secondary N) is 2. The molecule has 2 fully saturated rings. The molecule has 2 N–H and O–H groups in total. The third-order valence-electron chi connectivity index (χ3n) is 4.54. The largest absolute Gasteiger partial charge is 0.444 e. The Hall–Kier alpha value is -0.770. The van der Waals surface area contributed by atoms with Gasteiger partial charge >= 0.3 is 6.09 Å². The first kappa shape index (κ1) is 16.6. The van der Waals surface area contributed by atoms with Gasteiger partial charge in [-0.05, 0) is 58.3 Å². The smallest absolute Gasteiger partial charge is 0.407 e. The Bertz CT molecular complexity index is 367. The predicted molar refractivity (Wildman–Crippen MR) is 85.4 cm³/mol. The highest BCUT2D eigenvalue weighted by Crippen LogP contribution is 2.36. The maximum absolute atomic E-state index is 11.7. The van der Waals surface area contributed by atoms with Gasteiger partial charge < -0.3 is 15.4 Å². The summed E-state index contributed by atoms with van der Waals surface area (Å²) in [7, 11) is 0. The zero-order valence-corrected chi connectivity index (χ0v) is 14.3. The Balaban J connectivity index is 1.64. The first-order valence-corrected chi connectivity index (χ1v) is 8.38. The van der Waals surface area contributed by atoms with Crippen molar-refractivity contribution in [1.29, 1.82) is 0 Å². The van der Waals surface area contributed by atoms with E-state index in [0.717, 1.165) is 12.8 Å². The van der Waals surface area contributed by atoms with Gasteiger partial charge in [0.1, 0.15) is 5.60 Å². The molecule has 2 rings (SSSR count). The third kappa shape index (κ3) is 5.50. The summed E-state index contributed by atoms with van der Waals surface area (Å²) in [6, 6.07) is 1.49. The fourth-order valence-corrected chi connectivity index (χ4v) is 3.52. The molecule has 0 aliphatic heterocycles. The minimum absolute atomic E-state index is 0.272. The fraction of sp³-hybridized carbons (Fsp3) is 0.941. The molecule has 1 unspecified atom stereocenters. The van der Waals surface area contributed by atoms with Gasteiger partial charge in [0.05, 0.1) is 0 Å². The number of carbonyl (C=O) groups excluding carboxylic acids is 1. The number of rotatable bonds is 3. The van der Waals surface area contributed by atoms with Crippen LogP contribution in [0.2, 0.25) is 0 Å². The Morgan fingerprint density at radius 2 is 1.81 bits per heavy atom. The molecule has 0 saturated heterocycles. The van der Waals surface area contributed by atoms with Gasteiger partial charge in [-0.25, -0.2) is 4.79 Å². The second-order valence-electron chi connectivity index (χ2n) is 8.64. The molecule has 21 heavy (non-hydrogen) atoms. The zero-order valence-electron chi connectivity index (χ0n) is 14.3. The van der Waals surface area contributed by atoms with Crippen molar-refractivity contribution in [3.8, 4) is 0 Å². The number of hydrogen-bond donors (Lipinski definition) is 2. The van der Waals surface area contributed by atoms with Crippen molar-refractivity contribution in [3.63, 3.8) is 0 Å². The highest BCUT2D eigenvalue weighted by Gasteiger charge is 2.35. The lowest BCUT2D eigenvalue weighted by Gasteiger charge is -2.42. The highest BCUT2D eigenvalue weighted by molar-refractivity contribution is 5.68. The quantitative estimate of drug-likeness (QED) is 0.836. The van der Waals surface area contributed by atoms with Gasteiger partial charge in [0.15, 0.2) is 0 Å². The van der Waals surface area contributed by atoms with Crippen molar-refractivity contribution in [1.82, 2.24) is 10.6 Å². The van der Waals surface area contributed by atoms with Gasteiger partial charge in [0, 0.05) is 18.1 Å². The van der Waals surface area contributed by atoms with Gasteiger partial charge in [-0.1, -0.05) is 20.3 Å². The van der Waals surface area contributed by atoms with Crippen molar-refractivity contribution in [2.75, 3.05) is 0 Å². The molecule has 2 saturated carbocycles. The van der Waals surface area contributed by atoms with Gasteiger partial charge in [0.2, 0.25) is 0 Å². The summed E-state index contributed by atoms with van der Waals surface area (Å²) in [4.78, 5) is 11.7. The standard InChI is InChI=1S/C17H32N2O2/c1-16(2,3)21-15(20)19-14-9-13(10-14)18-12-7-6-8-17(4,5)11-12/h12-14,18H,6-11H2,1-5H3,(H,19,20). The van der Waals surface area contributed by atoms with E-state index >= 15 is 0 Å². The van der Waals surface area contributed by atoms with Crippen LogP contribution in [0.4, 0.5) is 4.79 Å². The number of alkyl carbamates (subject to hydrolysis) is 1. The van der Waals surface area contributed by atoms with Crippen LogP contribution in [-0.4, -0.2) is 29.8 Å². The van der Waals surface area contributed by atoms with Crippen molar-refractivity contribution >= 4 is 6.09 Å². The number of amides is 1. The second kappa shape index (κ2) is 6.15. The summed E-state index contributed by atoms with van der Waals surface area (Å²) in [6.45, 7) is 10.4. The van der Waals surface area contributed by atoms with E-state index in [1.54, 1.807) is 0 Å². The van der Waals surface area contributed by atoms with E-state index in [9.17, 15) is 4.79 Å². The maximum Gasteiger partial charge on any atom is 0.407 e. The molecule has 4 heteroatoms. The van der Waals surface area contributed by atoms with E-state index < -0.39 is 5.60 Å². The Labute approximate surface area is 129 Å². The molecule has 0 aromatic carbocycles. The molecule has 0 aromatic rings. The molecule has 0 heterocycles. The van der Waals surface area contributed by atoms with Crippen molar-refractivity contribution in [2.24, 2.45) is 5.41 Å². The molecule has 0 spiro atoms. The lowest BCUT2D eigenvalue weighted by Crippen LogP contribution is -2.56. The van der Waals surface area contributed by atoms with Crippen LogP contribution in [0.5, 0.6) is 0 Å². The summed E-state index contributed by atoms with van der Waals surface area (Å²) in [6.07, 6.45) is 7.00. The molecular formula is C17H32N2O2. The minimum atomic E-state index is -0.417. The number of carbonyl (C=O) groups is 1. The lowest BCUT2D eigenvalue weighted by atomic mass is 9.74. The molecule has 2 aliphatic carbocycles. The number of ether oxygens (including phenoxy) is 1. The van der Waals surface area contributed by atoms with Crippen LogP contribution in [0.3, 0.4) is 0 Å². The molecule has 0 bridgehead atoms. The van der Waals surface area contributed by atoms with Gasteiger partial charge in [-0.3, -0.25) is 0 Å². The van der Waals surface area contributed by atoms with E-state index in [2.05, 4.69) is 24.5 Å². The molecule has 0 radical (unpaired) electrons. The highest BCUT2D eigenvalue weighted by atomic mass is 16.6. The Morgan fingerprint density at radius 3 is 2.38 bits per heavy atom. The van der Waals surface area contributed by atoms with Gasteiger partial charge in [-0.15, -0.1) is 0 Å². The first-order chi connectivity index (χ1) is 9.63. The lowest BCUT2D eigenvalue weighted by molar-refractivity contribution is 0.0458. The average Bonchev–Trinajstić information content (AvgIpc) is 2.21. The normalized spacial score (nSPS) is 32.1. The van der Waals surface area contributed by atoms with Crippen molar-refractivity contribution in [3.05, 3.63) is 0 Å². The summed E-state index contributed by atoms with van der Waals surface area (Å²) in [5.41, 5.74) is 0.0625. The van der Waals surface area contributed by atoms with Crippen LogP contribution in [0.15, 0.2) is 0 Å². The maximum atomic E-state index is 11.7. The molecule has 1 atom stereocenters. The van der Waals surface area contributed by atoms with E-state index in [0.29, 0.717) is 17.5 Å². The molecule has 4 nitrogen and oxygen atoms in total. The molecule has 122 valence electrons. The van der Waals surface area contributed by atoms with Crippen LogP contribution in [0, 0.1) is 5.41 Å². The molecular weight excluding hydrogens is 264 g/mol. The van der Waals surface area contributed by atoms with Gasteiger partial charge in [0.25, 0.3) is 0 Å². The Kier molecular flexibility index (Phi) is 4.86.